The molecule has 0 radical (unpaired) electrons. The van der Waals surface area contributed by atoms with Gasteiger partial charge in [0, 0.05) is 0 Å². The Morgan fingerprint density at radius 3 is 2.35 bits per heavy atom. The third-order valence-electron chi connectivity index (χ3n) is 4.16. The number of rotatable bonds is 4. The third kappa shape index (κ3) is 2.82. The number of hydrogen-bond acceptors (Lipinski definition) is 3. The number of nitrogens with one attached hydrogen (secondary N) is 1. The number of methoxy groups -OCH3 is 1. The van der Waals surface area contributed by atoms with Gasteiger partial charge in [-0.15, -0.1) is 0 Å². The van der Waals surface area contributed by atoms with Crippen molar-refractivity contribution in [2.24, 2.45) is 0 Å². The minimum atomic E-state index is -0.642. The standard InChI is InChI=1S/C18H16FNO3/c1-23-16(21)14-4-2-3-5-15(14)20-17(22)18(10-11-18)12-6-8-13(19)9-7-12/h2-9H,10-11H2,1H3,(H,20,22). The summed E-state index contributed by atoms with van der Waals surface area (Å²) in [5.41, 5.74) is 0.861. The lowest BCUT2D eigenvalue weighted by Gasteiger charge is -2.17. The Labute approximate surface area is 133 Å². The second kappa shape index (κ2) is 5.83. The monoisotopic (exact) mass is 313 g/mol. The predicted octanol–water partition coefficient (Wildman–Crippen LogP) is 3.28. The molecule has 0 unspecified atom stereocenters. The number of halogens is 1. The van der Waals surface area contributed by atoms with Crippen LogP contribution in [0.5, 0.6) is 0 Å². The van der Waals surface area contributed by atoms with Crippen molar-refractivity contribution in [3.63, 3.8) is 0 Å². The molecule has 5 heteroatoms. The fourth-order valence-electron chi connectivity index (χ4n) is 2.66. The van der Waals surface area contributed by atoms with Crippen LogP contribution in [0.2, 0.25) is 0 Å². The molecule has 0 aromatic heterocycles. The van der Waals surface area contributed by atoms with E-state index in [0.29, 0.717) is 24.1 Å². The average Bonchev–Trinajstić information content (AvgIpc) is 3.37. The zero-order valence-corrected chi connectivity index (χ0v) is 12.6. The summed E-state index contributed by atoms with van der Waals surface area (Å²) >= 11 is 0. The maximum atomic E-state index is 13.1. The van der Waals surface area contributed by atoms with E-state index >= 15 is 0 Å². The molecule has 0 bridgehead atoms. The van der Waals surface area contributed by atoms with Gasteiger partial charge >= 0.3 is 5.97 Å². The van der Waals surface area contributed by atoms with Crippen molar-refractivity contribution >= 4 is 17.6 Å². The highest BCUT2D eigenvalue weighted by atomic mass is 19.1. The molecule has 118 valence electrons. The van der Waals surface area contributed by atoms with E-state index in [1.807, 2.05) is 0 Å². The first-order valence-corrected chi connectivity index (χ1v) is 7.32. The van der Waals surface area contributed by atoms with Crippen LogP contribution >= 0.6 is 0 Å². The average molecular weight is 313 g/mol. The lowest BCUT2D eigenvalue weighted by molar-refractivity contribution is -0.118. The Hall–Kier alpha value is -2.69. The maximum absolute atomic E-state index is 13.1. The predicted molar refractivity (Wildman–Crippen MR) is 83.7 cm³/mol. The van der Waals surface area contributed by atoms with E-state index < -0.39 is 11.4 Å². The van der Waals surface area contributed by atoms with Gasteiger partial charge in [0.15, 0.2) is 0 Å². The topological polar surface area (TPSA) is 55.4 Å². The molecule has 1 aliphatic carbocycles. The van der Waals surface area contributed by atoms with Crippen LogP contribution in [0.1, 0.15) is 28.8 Å². The summed E-state index contributed by atoms with van der Waals surface area (Å²) in [6.45, 7) is 0. The Bertz CT molecular complexity index is 751. The molecule has 0 atom stereocenters. The number of carbonyl (C=O) groups excluding carboxylic acids is 2. The van der Waals surface area contributed by atoms with Gasteiger partial charge in [0.25, 0.3) is 0 Å². The van der Waals surface area contributed by atoms with Crippen molar-refractivity contribution in [3.8, 4) is 0 Å². The molecule has 1 fully saturated rings. The van der Waals surface area contributed by atoms with Gasteiger partial charge in [-0.3, -0.25) is 4.79 Å². The van der Waals surface area contributed by atoms with E-state index in [1.54, 1.807) is 36.4 Å². The van der Waals surface area contributed by atoms with E-state index in [4.69, 9.17) is 4.74 Å². The minimum absolute atomic E-state index is 0.194. The molecule has 0 heterocycles. The molecule has 1 amide bonds. The van der Waals surface area contributed by atoms with Crippen molar-refractivity contribution in [2.45, 2.75) is 18.3 Å². The van der Waals surface area contributed by atoms with Crippen LogP contribution in [0.15, 0.2) is 48.5 Å². The summed E-state index contributed by atoms with van der Waals surface area (Å²) in [5.74, 6) is -1.03. The van der Waals surface area contributed by atoms with E-state index in [2.05, 4.69) is 5.32 Å². The van der Waals surface area contributed by atoms with Gasteiger partial charge in [0.1, 0.15) is 5.82 Å². The summed E-state index contributed by atoms with van der Waals surface area (Å²) in [5, 5.41) is 2.81. The molecular weight excluding hydrogens is 297 g/mol. The number of carbonyl (C=O) groups is 2. The highest BCUT2D eigenvalue weighted by molar-refractivity contribution is 6.06. The zero-order chi connectivity index (χ0) is 16.4. The van der Waals surface area contributed by atoms with E-state index in [-0.39, 0.29) is 11.7 Å². The quantitative estimate of drug-likeness (QED) is 0.881. The molecule has 23 heavy (non-hydrogen) atoms. The highest BCUT2D eigenvalue weighted by Crippen LogP contribution is 2.49. The van der Waals surface area contributed by atoms with Crippen molar-refractivity contribution in [3.05, 3.63) is 65.5 Å². The first-order valence-electron chi connectivity index (χ1n) is 7.32. The summed E-state index contributed by atoms with van der Waals surface area (Å²) in [7, 11) is 1.29. The SMILES string of the molecule is COC(=O)c1ccccc1NC(=O)C1(c2ccc(F)cc2)CC1. The summed E-state index contributed by atoms with van der Waals surface area (Å²) < 4.78 is 17.8. The first-order chi connectivity index (χ1) is 11.1. The largest absolute Gasteiger partial charge is 0.465 e. The molecule has 1 N–H and O–H groups in total. The van der Waals surface area contributed by atoms with Crippen LogP contribution in [-0.2, 0) is 14.9 Å². The van der Waals surface area contributed by atoms with E-state index in [9.17, 15) is 14.0 Å². The molecule has 0 saturated heterocycles. The van der Waals surface area contributed by atoms with Crippen LogP contribution in [0.25, 0.3) is 0 Å². The highest BCUT2D eigenvalue weighted by Gasteiger charge is 2.51. The Morgan fingerprint density at radius 1 is 1.09 bits per heavy atom. The number of benzene rings is 2. The lowest BCUT2D eigenvalue weighted by atomic mass is 9.94. The number of hydrogen-bond donors (Lipinski definition) is 1. The summed E-state index contributed by atoms with van der Waals surface area (Å²) in [6, 6.07) is 12.7. The number of esters is 1. The van der Waals surface area contributed by atoms with Gasteiger partial charge in [-0.2, -0.15) is 0 Å². The van der Waals surface area contributed by atoms with Crippen molar-refractivity contribution in [2.75, 3.05) is 12.4 Å². The number of ether oxygens (including phenoxy) is 1. The second-order valence-electron chi connectivity index (χ2n) is 5.58. The van der Waals surface area contributed by atoms with E-state index in [1.165, 1.54) is 19.2 Å². The Morgan fingerprint density at radius 2 is 1.74 bits per heavy atom. The maximum Gasteiger partial charge on any atom is 0.339 e. The number of para-hydroxylation sites is 1. The van der Waals surface area contributed by atoms with Crippen LogP contribution in [0.4, 0.5) is 10.1 Å². The molecule has 0 aliphatic heterocycles. The fourth-order valence-corrected chi connectivity index (χ4v) is 2.66. The van der Waals surface area contributed by atoms with Crippen LogP contribution in [0, 0.1) is 5.82 Å². The van der Waals surface area contributed by atoms with Gasteiger partial charge in [0.2, 0.25) is 5.91 Å². The van der Waals surface area contributed by atoms with Gasteiger partial charge in [-0.05, 0) is 42.7 Å². The van der Waals surface area contributed by atoms with Gasteiger partial charge < -0.3 is 10.1 Å². The fraction of sp³-hybridized carbons (Fsp3) is 0.222. The molecule has 1 saturated carbocycles. The zero-order valence-electron chi connectivity index (χ0n) is 12.6. The summed E-state index contributed by atoms with van der Waals surface area (Å²) in [4.78, 5) is 24.5. The van der Waals surface area contributed by atoms with Crippen molar-refractivity contribution in [1.29, 1.82) is 0 Å². The Balaban J connectivity index is 1.85. The van der Waals surface area contributed by atoms with Gasteiger partial charge in [-0.25, -0.2) is 9.18 Å². The van der Waals surface area contributed by atoms with Crippen LogP contribution in [0.3, 0.4) is 0 Å². The van der Waals surface area contributed by atoms with Gasteiger partial charge in [0.05, 0.1) is 23.8 Å². The van der Waals surface area contributed by atoms with Crippen molar-refractivity contribution in [1.82, 2.24) is 0 Å². The number of amides is 1. The smallest absolute Gasteiger partial charge is 0.339 e. The van der Waals surface area contributed by atoms with Gasteiger partial charge in [-0.1, -0.05) is 24.3 Å². The molecule has 2 aromatic carbocycles. The van der Waals surface area contributed by atoms with Crippen LogP contribution < -0.4 is 5.32 Å². The van der Waals surface area contributed by atoms with Crippen LogP contribution in [-0.4, -0.2) is 19.0 Å². The third-order valence-corrected chi connectivity index (χ3v) is 4.16. The molecule has 2 aromatic rings. The normalized spacial score (nSPS) is 14.9. The van der Waals surface area contributed by atoms with Crippen molar-refractivity contribution < 1.29 is 18.7 Å². The Kier molecular flexibility index (Phi) is 3.86. The van der Waals surface area contributed by atoms with E-state index in [0.717, 1.165) is 5.56 Å². The lowest BCUT2D eigenvalue weighted by Crippen LogP contribution is -2.28. The number of anilines is 1. The summed E-state index contributed by atoms with van der Waals surface area (Å²) in [6.07, 6.45) is 1.40. The molecule has 3 rings (SSSR count). The molecule has 0 spiro atoms. The minimum Gasteiger partial charge on any atom is -0.465 e. The first kappa shape index (κ1) is 15.2. The molecule has 1 aliphatic rings. The molecule has 4 nitrogen and oxygen atoms in total. The second-order valence-corrected chi connectivity index (χ2v) is 5.58. The molecular formula is C18H16FNO3.